The maximum Gasteiger partial charge on any atom is 0.407 e. The van der Waals surface area contributed by atoms with Crippen LogP contribution in [-0.4, -0.2) is 17.7 Å². The SMILES string of the molecule is FC(F)(F)CN1C=C(Cl)C(Cl)=CN1. The summed E-state index contributed by atoms with van der Waals surface area (Å²) in [7, 11) is 0. The van der Waals surface area contributed by atoms with E-state index in [9.17, 15) is 13.2 Å². The largest absolute Gasteiger partial charge is 0.407 e. The van der Waals surface area contributed by atoms with Gasteiger partial charge in [0.1, 0.15) is 6.54 Å². The Kier molecular flexibility index (Phi) is 2.98. The number of alkyl halides is 3. The Morgan fingerprint density at radius 3 is 2.38 bits per heavy atom. The van der Waals surface area contributed by atoms with Crippen LogP contribution in [0.4, 0.5) is 13.2 Å². The molecular weight excluding hydrogens is 228 g/mol. The van der Waals surface area contributed by atoms with Gasteiger partial charge in [-0.25, -0.2) is 0 Å². The molecule has 0 fully saturated rings. The second kappa shape index (κ2) is 3.67. The van der Waals surface area contributed by atoms with Crippen molar-refractivity contribution in [3.63, 3.8) is 0 Å². The van der Waals surface area contributed by atoms with Crippen molar-refractivity contribution in [3.05, 3.63) is 22.5 Å². The molecule has 0 amide bonds. The number of allylic oxidation sites excluding steroid dienone is 2. The van der Waals surface area contributed by atoms with Crippen LogP contribution in [0.3, 0.4) is 0 Å². The van der Waals surface area contributed by atoms with Crippen LogP contribution < -0.4 is 5.43 Å². The van der Waals surface area contributed by atoms with Gasteiger partial charge in [0.2, 0.25) is 0 Å². The highest BCUT2D eigenvalue weighted by atomic mass is 35.5. The first kappa shape index (κ1) is 10.5. The molecule has 0 bridgehead atoms. The van der Waals surface area contributed by atoms with Crippen LogP contribution in [0, 0.1) is 0 Å². The Labute approximate surface area is 82.6 Å². The van der Waals surface area contributed by atoms with Gasteiger partial charge in [0.25, 0.3) is 0 Å². The van der Waals surface area contributed by atoms with E-state index in [-0.39, 0.29) is 10.1 Å². The minimum absolute atomic E-state index is 0.0738. The van der Waals surface area contributed by atoms with E-state index in [0.717, 1.165) is 11.2 Å². The third-order valence-electron chi connectivity index (χ3n) is 1.20. The van der Waals surface area contributed by atoms with Crippen molar-refractivity contribution < 1.29 is 13.2 Å². The molecule has 1 aliphatic rings. The molecule has 1 aliphatic heterocycles. The zero-order valence-corrected chi connectivity index (χ0v) is 7.71. The lowest BCUT2D eigenvalue weighted by Crippen LogP contribution is -2.39. The Hall–Kier alpha value is -0.550. The van der Waals surface area contributed by atoms with Crippen LogP contribution in [-0.2, 0) is 0 Å². The van der Waals surface area contributed by atoms with Crippen LogP contribution >= 0.6 is 23.2 Å². The van der Waals surface area contributed by atoms with Crippen LogP contribution in [0.25, 0.3) is 0 Å². The molecule has 7 heteroatoms. The summed E-state index contributed by atoms with van der Waals surface area (Å²) >= 11 is 11.0. The van der Waals surface area contributed by atoms with E-state index >= 15 is 0 Å². The van der Waals surface area contributed by atoms with E-state index in [2.05, 4.69) is 5.43 Å². The van der Waals surface area contributed by atoms with Gasteiger partial charge < -0.3 is 5.43 Å². The van der Waals surface area contributed by atoms with Crippen molar-refractivity contribution in [2.75, 3.05) is 6.54 Å². The lowest BCUT2D eigenvalue weighted by molar-refractivity contribution is -0.144. The summed E-state index contributed by atoms with van der Waals surface area (Å²) in [6.07, 6.45) is -2.01. The number of halogens is 5. The molecule has 0 aromatic carbocycles. The van der Waals surface area contributed by atoms with Gasteiger partial charge in [0.15, 0.2) is 0 Å². The summed E-state index contributed by atoms with van der Waals surface area (Å²) in [4.78, 5) is 0. The summed E-state index contributed by atoms with van der Waals surface area (Å²) in [6.45, 7) is -1.12. The van der Waals surface area contributed by atoms with Gasteiger partial charge >= 0.3 is 6.18 Å². The fourth-order valence-corrected chi connectivity index (χ4v) is 0.999. The molecule has 0 spiro atoms. The van der Waals surface area contributed by atoms with Crippen LogP contribution in [0.5, 0.6) is 0 Å². The van der Waals surface area contributed by atoms with E-state index in [1.807, 2.05) is 0 Å². The van der Waals surface area contributed by atoms with E-state index in [1.165, 1.54) is 6.20 Å². The fraction of sp³-hybridized carbons (Fsp3) is 0.333. The van der Waals surface area contributed by atoms with E-state index < -0.39 is 12.7 Å². The minimum atomic E-state index is -4.28. The number of hydrogen-bond donors (Lipinski definition) is 1. The Bertz CT molecular complexity index is 259. The van der Waals surface area contributed by atoms with Crippen molar-refractivity contribution >= 4 is 23.2 Å². The Morgan fingerprint density at radius 2 is 1.92 bits per heavy atom. The Balaban J connectivity index is 2.59. The van der Waals surface area contributed by atoms with Crippen molar-refractivity contribution in [2.45, 2.75) is 6.18 Å². The summed E-state index contributed by atoms with van der Waals surface area (Å²) in [5.41, 5.74) is 2.31. The molecule has 1 N–H and O–H groups in total. The lowest BCUT2D eigenvalue weighted by Gasteiger charge is -2.25. The number of hydrogen-bond acceptors (Lipinski definition) is 2. The van der Waals surface area contributed by atoms with Gasteiger partial charge in [-0.15, -0.1) is 0 Å². The molecule has 74 valence electrons. The van der Waals surface area contributed by atoms with Crippen molar-refractivity contribution in [1.82, 2.24) is 10.4 Å². The topological polar surface area (TPSA) is 15.3 Å². The normalized spacial score (nSPS) is 17.8. The van der Waals surface area contributed by atoms with E-state index in [0.29, 0.717) is 0 Å². The monoisotopic (exact) mass is 232 g/mol. The molecule has 1 heterocycles. The van der Waals surface area contributed by atoms with E-state index in [1.54, 1.807) is 0 Å². The second-order valence-corrected chi connectivity index (χ2v) is 3.16. The second-order valence-electron chi connectivity index (χ2n) is 2.34. The molecule has 0 unspecified atom stereocenters. The summed E-state index contributed by atoms with van der Waals surface area (Å²) < 4.78 is 35.6. The predicted molar refractivity (Wildman–Crippen MR) is 43.8 cm³/mol. The molecule has 0 radical (unpaired) electrons. The first-order valence-electron chi connectivity index (χ1n) is 3.21. The average molecular weight is 233 g/mol. The average Bonchev–Trinajstić information content (AvgIpc) is 1.94. The summed E-state index contributed by atoms with van der Waals surface area (Å²) in [6, 6.07) is 0. The zero-order chi connectivity index (χ0) is 10.1. The molecule has 0 aromatic heterocycles. The molecule has 13 heavy (non-hydrogen) atoms. The lowest BCUT2D eigenvalue weighted by atomic mass is 10.5. The molecule has 0 saturated heterocycles. The highest BCUT2D eigenvalue weighted by molar-refractivity contribution is 6.43. The van der Waals surface area contributed by atoms with Gasteiger partial charge in [-0.05, 0) is 0 Å². The van der Waals surface area contributed by atoms with Gasteiger partial charge in [0, 0.05) is 12.4 Å². The van der Waals surface area contributed by atoms with Crippen molar-refractivity contribution in [1.29, 1.82) is 0 Å². The van der Waals surface area contributed by atoms with Crippen molar-refractivity contribution in [3.8, 4) is 0 Å². The summed E-state index contributed by atoms with van der Waals surface area (Å²) in [5.74, 6) is 0. The molecule has 0 atom stereocenters. The molecule has 1 rings (SSSR count). The maximum absolute atomic E-state index is 11.9. The highest BCUT2D eigenvalue weighted by Crippen LogP contribution is 2.23. The standard InChI is InChI=1S/C6H5Cl2F3N2/c7-4-1-12-13(2-5(4)8)3-6(9,10)11/h1-2,12H,3H2. The quantitative estimate of drug-likeness (QED) is 0.748. The minimum Gasteiger partial charge on any atom is -0.304 e. The van der Waals surface area contributed by atoms with E-state index in [4.69, 9.17) is 23.2 Å². The first-order chi connectivity index (χ1) is 5.88. The molecule has 2 nitrogen and oxygen atoms in total. The van der Waals surface area contributed by atoms with Gasteiger partial charge in [-0.3, -0.25) is 5.01 Å². The molecular formula is C6H5Cl2F3N2. The van der Waals surface area contributed by atoms with Crippen molar-refractivity contribution in [2.24, 2.45) is 0 Å². The smallest absolute Gasteiger partial charge is 0.304 e. The molecule has 0 saturated carbocycles. The van der Waals surface area contributed by atoms with Crippen LogP contribution in [0.2, 0.25) is 0 Å². The first-order valence-corrected chi connectivity index (χ1v) is 3.97. The Morgan fingerprint density at radius 1 is 1.31 bits per heavy atom. The van der Waals surface area contributed by atoms with Gasteiger partial charge in [-0.2, -0.15) is 13.2 Å². The number of nitrogens with zero attached hydrogens (tertiary/aromatic N) is 1. The molecule has 0 aliphatic carbocycles. The number of hydrazine groups is 1. The number of rotatable bonds is 1. The fourth-order valence-electron chi connectivity index (χ4n) is 0.729. The zero-order valence-electron chi connectivity index (χ0n) is 6.20. The van der Waals surface area contributed by atoms with Crippen LogP contribution in [0.1, 0.15) is 0 Å². The third kappa shape index (κ3) is 3.36. The van der Waals surface area contributed by atoms with Gasteiger partial charge in [0.05, 0.1) is 10.1 Å². The summed E-state index contributed by atoms with van der Waals surface area (Å²) in [5, 5.41) is 1.05. The number of nitrogens with one attached hydrogen (secondary N) is 1. The van der Waals surface area contributed by atoms with Crippen LogP contribution in [0.15, 0.2) is 22.5 Å². The highest BCUT2D eigenvalue weighted by Gasteiger charge is 2.30. The maximum atomic E-state index is 11.9. The van der Waals surface area contributed by atoms with Gasteiger partial charge in [-0.1, -0.05) is 23.2 Å². The predicted octanol–water partition coefficient (Wildman–Crippen LogP) is 2.53. The molecule has 0 aromatic rings. The third-order valence-corrected chi connectivity index (χ3v) is 1.91.